The lowest BCUT2D eigenvalue weighted by atomic mass is 9.90. The maximum atomic E-state index is 10.6. The van der Waals surface area contributed by atoms with Gasteiger partial charge in [-0.25, -0.2) is 0 Å². The smallest absolute Gasteiger partial charge is 0.223 e. The van der Waals surface area contributed by atoms with E-state index in [4.69, 9.17) is 4.74 Å². The average Bonchev–Trinajstić information content (AvgIpc) is 3.11. The standard InChI is InChI=1S/C20H24N4O3/c1-5-8-20(21-23-24-22-20)16-10-14(17(25)11-18(16)26)15-9-13(12(2)3)6-7-19(15)27-4/h6-7,9-12,25-26H,5,8H2,1-4H3. The molecule has 7 heteroatoms. The Balaban J connectivity index is 2.23. The van der Waals surface area contributed by atoms with Crippen LogP contribution in [0.15, 0.2) is 51.0 Å². The van der Waals surface area contributed by atoms with Crippen molar-refractivity contribution in [2.24, 2.45) is 20.7 Å². The zero-order valence-corrected chi connectivity index (χ0v) is 16.0. The SMILES string of the molecule is CCCC1(c2cc(-c3cc(C(C)C)ccc3OC)c(O)cc2O)N=NN=N1. The number of ether oxygens (including phenoxy) is 1. The van der Waals surface area contributed by atoms with Gasteiger partial charge in [-0.05, 0) is 40.1 Å². The van der Waals surface area contributed by atoms with Gasteiger partial charge in [-0.3, -0.25) is 0 Å². The van der Waals surface area contributed by atoms with Gasteiger partial charge in [0, 0.05) is 29.2 Å². The van der Waals surface area contributed by atoms with Crippen LogP contribution in [0, 0.1) is 0 Å². The third-order valence-corrected chi connectivity index (χ3v) is 4.78. The van der Waals surface area contributed by atoms with Crippen molar-refractivity contribution in [2.75, 3.05) is 7.11 Å². The lowest BCUT2D eigenvalue weighted by Crippen LogP contribution is -2.18. The largest absolute Gasteiger partial charge is 0.507 e. The molecular weight excluding hydrogens is 344 g/mol. The fourth-order valence-electron chi connectivity index (χ4n) is 3.31. The van der Waals surface area contributed by atoms with Gasteiger partial charge < -0.3 is 14.9 Å². The van der Waals surface area contributed by atoms with E-state index in [0.717, 1.165) is 17.5 Å². The molecule has 2 N–H and O–H groups in total. The van der Waals surface area contributed by atoms with Crippen LogP contribution in [0.4, 0.5) is 0 Å². The van der Waals surface area contributed by atoms with Gasteiger partial charge in [-0.1, -0.05) is 33.3 Å². The molecule has 0 bridgehead atoms. The number of rotatable bonds is 6. The van der Waals surface area contributed by atoms with Crippen LogP contribution >= 0.6 is 0 Å². The Kier molecular flexibility index (Phi) is 5.12. The summed E-state index contributed by atoms with van der Waals surface area (Å²) >= 11 is 0. The molecule has 142 valence electrons. The van der Waals surface area contributed by atoms with E-state index in [0.29, 0.717) is 29.2 Å². The van der Waals surface area contributed by atoms with Crippen LogP contribution in [-0.2, 0) is 5.66 Å². The minimum atomic E-state index is -1.07. The third-order valence-electron chi connectivity index (χ3n) is 4.78. The summed E-state index contributed by atoms with van der Waals surface area (Å²) in [7, 11) is 1.59. The zero-order valence-electron chi connectivity index (χ0n) is 16.0. The van der Waals surface area contributed by atoms with E-state index in [2.05, 4.69) is 34.5 Å². The summed E-state index contributed by atoms with van der Waals surface area (Å²) in [5, 5.41) is 36.7. The molecule has 0 atom stereocenters. The zero-order chi connectivity index (χ0) is 19.6. The van der Waals surface area contributed by atoms with Crippen LogP contribution in [-0.4, -0.2) is 17.3 Å². The number of benzene rings is 2. The second-order valence-electron chi connectivity index (χ2n) is 6.95. The Bertz CT molecular complexity index is 894. The van der Waals surface area contributed by atoms with Crippen LogP contribution in [0.25, 0.3) is 11.1 Å². The first-order valence-electron chi connectivity index (χ1n) is 9.00. The summed E-state index contributed by atoms with van der Waals surface area (Å²) in [6.07, 6.45) is 1.32. The molecule has 0 aliphatic carbocycles. The van der Waals surface area contributed by atoms with Crippen LogP contribution < -0.4 is 4.74 Å². The molecule has 0 amide bonds. The van der Waals surface area contributed by atoms with E-state index in [-0.39, 0.29) is 11.5 Å². The summed E-state index contributed by atoms with van der Waals surface area (Å²) in [6.45, 7) is 6.20. The lowest BCUT2D eigenvalue weighted by Gasteiger charge is -2.22. The Morgan fingerprint density at radius 2 is 1.70 bits per heavy atom. The first-order valence-corrected chi connectivity index (χ1v) is 9.00. The number of phenolic OH excluding ortho intramolecular Hbond substituents is 2. The normalized spacial score (nSPS) is 14.9. The fourth-order valence-corrected chi connectivity index (χ4v) is 3.31. The molecule has 1 aliphatic heterocycles. The van der Waals surface area contributed by atoms with Gasteiger partial charge in [-0.2, -0.15) is 0 Å². The highest BCUT2D eigenvalue weighted by molar-refractivity contribution is 5.78. The predicted octanol–water partition coefficient (Wildman–Crippen LogP) is 5.68. The summed E-state index contributed by atoms with van der Waals surface area (Å²) in [4.78, 5) is 0. The third kappa shape index (κ3) is 3.37. The van der Waals surface area contributed by atoms with Crippen molar-refractivity contribution in [2.45, 2.75) is 45.2 Å². The highest BCUT2D eigenvalue weighted by Crippen LogP contribution is 2.47. The molecule has 2 aromatic rings. The number of hydrogen-bond donors (Lipinski definition) is 2. The van der Waals surface area contributed by atoms with Crippen molar-refractivity contribution in [3.63, 3.8) is 0 Å². The molecule has 0 aromatic heterocycles. The highest BCUT2D eigenvalue weighted by atomic mass is 16.5. The Morgan fingerprint density at radius 3 is 2.30 bits per heavy atom. The van der Waals surface area contributed by atoms with Crippen molar-refractivity contribution in [3.8, 4) is 28.4 Å². The van der Waals surface area contributed by atoms with Gasteiger partial charge in [0.25, 0.3) is 0 Å². The second-order valence-corrected chi connectivity index (χ2v) is 6.95. The van der Waals surface area contributed by atoms with E-state index in [1.54, 1.807) is 13.2 Å². The molecule has 0 fully saturated rings. The van der Waals surface area contributed by atoms with E-state index in [9.17, 15) is 10.2 Å². The molecule has 3 rings (SSSR count). The van der Waals surface area contributed by atoms with Crippen molar-refractivity contribution >= 4 is 0 Å². The van der Waals surface area contributed by atoms with Crippen molar-refractivity contribution < 1.29 is 14.9 Å². The van der Waals surface area contributed by atoms with Gasteiger partial charge in [0.1, 0.15) is 17.2 Å². The monoisotopic (exact) mass is 368 g/mol. The first kappa shape index (κ1) is 18.8. The van der Waals surface area contributed by atoms with Crippen LogP contribution in [0.2, 0.25) is 0 Å². The van der Waals surface area contributed by atoms with Gasteiger partial charge >= 0.3 is 0 Å². The maximum Gasteiger partial charge on any atom is 0.223 e. The van der Waals surface area contributed by atoms with Gasteiger partial charge in [0.2, 0.25) is 5.66 Å². The first-order chi connectivity index (χ1) is 12.9. The number of phenols is 2. The van der Waals surface area contributed by atoms with Crippen molar-refractivity contribution in [3.05, 3.63) is 41.5 Å². The molecule has 0 spiro atoms. The van der Waals surface area contributed by atoms with E-state index in [1.165, 1.54) is 6.07 Å². The molecule has 1 aliphatic rings. The van der Waals surface area contributed by atoms with Crippen LogP contribution in [0.5, 0.6) is 17.2 Å². The Morgan fingerprint density at radius 1 is 1.00 bits per heavy atom. The number of methoxy groups -OCH3 is 1. The average molecular weight is 368 g/mol. The minimum Gasteiger partial charge on any atom is -0.507 e. The fraction of sp³-hybridized carbons (Fsp3) is 0.400. The molecule has 1 heterocycles. The number of aromatic hydroxyl groups is 2. The summed E-state index contributed by atoms with van der Waals surface area (Å²) < 4.78 is 5.50. The van der Waals surface area contributed by atoms with Crippen molar-refractivity contribution in [1.82, 2.24) is 0 Å². The molecule has 7 nitrogen and oxygen atoms in total. The van der Waals surface area contributed by atoms with E-state index >= 15 is 0 Å². The number of nitrogens with zero attached hydrogens (tertiary/aromatic N) is 4. The number of hydrogen-bond acceptors (Lipinski definition) is 7. The van der Waals surface area contributed by atoms with Crippen LogP contribution in [0.1, 0.15) is 50.7 Å². The van der Waals surface area contributed by atoms with E-state index in [1.807, 2.05) is 25.1 Å². The molecule has 0 radical (unpaired) electrons. The minimum absolute atomic E-state index is 0.0472. The summed E-state index contributed by atoms with van der Waals surface area (Å²) in [5.74, 6) is 0.806. The molecule has 2 aromatic carbocycles. The van der Waals surface area contributed by atoms with Gasteiger partial charge in [-0.15, -0.1) is 10.2 Å². The molecular formula is C20H24N4O3. The Hall–Kier alpha value is -2.96. The van der Waals surface area contributed by atoms with Gasteiger partial charge in [0.15, 0.2) is 0 Å². The second kappa shape index (κ2) is 7.34. The van der Waals surface area contributed by atoms with E-state index < -0.39 is 5.66 Å². The topological polar surface area (TPSA) is 99.1 Å². The molecule has 0 saturated carbocycles. The molecule has 27 heavy (non-hydrogen) atoms. The lowest BCUT2D eigenvalue weighted by molar-refractivity contribution is 0.383. The molecule has 0 unspecified atom stereocenters. The van der Waals surface area contributed by atoms with Crippen molar-refractivity contribution in [1.29, 1.82) is 0 Å². The quantitative estimate of drug-likeness (QED) is 0.685. The Labute approximate surface area is 158 Å². The summed E-state index contributed by atoms with van der Waals surface area (Å²) in [5.41, 5.74) is 1.78. The molecule has 0 saturated heterocycles. The van der Waals surface area contributed by atoms with Crippen LogP contribution in [0.3, 0.4) is 0 Å². The summed E-state index contributed by atoms with van der Waals surface area (Å²) in [6, 6.07) is 8.89. The highest BCUT2D eigenvalue weighted by Gasteiger charge is 2.38. The van der Waals surface area contributed by atoms with Gasteiger partial charge in [0.05, 0.1) is 7.11 Å². The maximum absolute atomic E-state index is 10.6. The predicted molar refractivity (Wildman–Crippen MR) is 102 cm³/mol.